The predicted octanol–water partition coefficient (Wildman–Crippen LogP) is 6.67. The Labute approximate surface area is 212 Å². The summed E-state index contributed by atoms with van der Waals surface area (Å²) in [5, 5.41) is 5.40. The number of amides is 2. The Kier molecular flexibility index (Phi) is 5.97. The van der Waals surface area contributed by atoms with E-state index in [2.05, 4.69) is 16.0 Å². The third-order valence-corrected chi connectivity index (χ3v) is 6.56. The second-order valence-corrected chi connectivity index (χ2v) is 9.09. The van der Waals surface area contributed by atoms with Crippen molar-refractivity contribution in [1.82, 2.24) is 4.57 Å². The zero-order valence-electron chi connectivity index (χ0n) is 18.7. The van der Waals surface area contributed by atoms with Gasteiger partial charge >= 0.3 is 0 Å². The fraction of sp³-hybridized carbons (Fsp3) is 0.0714. The number of primary amides is 1. The molecule has 0 unspecified atom stereocenters. The lowest BCUT2D eigenvalue weighted by Crippen LogP contribution is -2.11. The third kappa shape index (κ3) is 4.25. The maximum atomic E-state index is 12.3. The summed E-state index contributed by atoms with van der Waals surface area (Å²) in [4.78, 5) is 23.6. The zero-order chi connectivity index (χ0) is 24.7. The molecule has 1 aromatic heterocycles. The first kappa shape index (κ1) is 23.0. The van der Waals surface area contributed by atoms with E-state index in [1.165, 1.54) is 6.92 Å². The zero-order valence-corrected chi connectivity index (χ0v) is 20.2. The molecule has 2 amide bonds. The average Bonchev–Trinajstić information content (AvgIpc) is 3.13. The van der Waals surface area contributed by atoms with Gasteiger partial charge in [-0.3, -0.25) is 9.59 Å². The number of hydrogen-bond acceptors (Lipinski definition) is 2. The van der Waals surface area contributed by atoms with Crippen molar-refractivity contribution in [3.05, 3.63) is 100 Å². The molecular weight excluding hydrogens is 481 g/mol. The lowest BCUT2D eigenvalue weighted by Gasteiger charge is -2.11. The molecular formula is C28H20Cl2N3O2. The van der Waals surface area contributed by atoms with E-state index in [1.54, 1.807) is 24.3 Å². The highest BCUT2D eigenvalue weighted by atomic mass is 35.5. The molecule has 7 heteroatoms. The van der Waals surface area contributed by atoms with Crippen molar-refractivity contribution in [1.29, 1.82) is 0 Å². The summed E-state index contributed by atoms with van der Waals surface area (Å²) in [6.45, 7) is 2.00. The summed E-state index contributed by atoms with van der Waals surface area (Å²) in [6.07, 6.45) is 0. The first-order chi connectivity index (χ1) is 16.8. The van der Waals surface area contributed by atoms with Crippen molar-refractivity contribution in [3.8, 4) is 11.1 Å². The van der Waals surface area contributed by atoms with Gasteiger partial charge < -0.3 is 15.6 Å². The van der Waals surface area contributed by atoms with Crippen LogP contribution in [0.2, 0.25) is 10.0 Å². The molecule has 5 rings (SSSR count). The normalized spacial score (nSPS) is 11.2. The van der Waals surface area contributed by atoms with Gasteiger partial charge in [-0.05, 0) is 65.7 Å². The van der Waals surface area contributed by atoms with Crippen LogP contribution in [-0.4, -0.2) is 16.4 Å². The quantitative estimate of drug-likeness (QED) is 0.282. The molecule has 3 N–H and O–H groups in total. The largest absolute Gasteiger partial charge is 0.366 e. The van der Waals surface area contributed by atoms with Crippen LogP contribution in [0, 0.1) is 6.07 Å². The molecule has 5 nitrogen and oxygen atoms in total. The highest BCUT2D eigenvalue weighted by Crippen LogP contribution is 2.39. The average molecular weight is 501 g/mol. The molecule has 1 radical (unpaired) electrons. The number of halogens is 2. The Morgan fingerprint density at radius 3 is 2.31 bits per heavy atom. The molecule has 0 saturated carbocycles. The van der Waals surface area contributed by atoms with Crippen molar-refractivity contribution < 1.29 is 9.59 Å². The van der Waals surface area contributed by atoms with Crippen LogP contribution in [0.15, 0.2) is 72.8 Å². The lowest BCUT2D eigenvalue weighted by atomic mass is 10.0. The van der Waals surface area contributed by atoms with E-state index in [9.17, 15) is 9.59 Å². The van der Waals surface area contributed by atoms with E-state index in [1.807, 2.05) is 48.5 Å². The van der Waals surface area contributed by atoms with Gasteiger partial charge in [-0.15, -0.1) is 0 Å². The predicted molar refractivity (Wildman–Crippen MR) is 142 cm³/mol. The first-order valence-corrected chi connectivity index (χ1v) is 11.7. The topological polar surface area (TPSA) is 77.1 Å². The fourth-order valence-corrected chi connectivity index (χ4v) is 5.04. The van der Waals surface area contributed by atoms with Crippen LogP contribution in [0.4, 0.5) is 5.69 Å². The van der Waals surface area contributed by atoms with Gasteiger partial charge in [0.25, 0.3) is 0 Å². The van der Waals surface area contributed by atoms with Crippen LogP contribution >= 0.6 is 23.2 Å². The molecule has 0 fully saturated rings. The number of anilines is 1. The number of nitrogens with one attached hydrogen (secondary N) is 1. The Bertz CT molecular complexity index is 1600. The molecule has 5 aromatic rings. The number of hydrogen-bond donors (Lipinski definition) is 2. The SMILES string of the molecule is CC(=O)Nc1ccc(Cn2c3cc(-c4c(Cl)cccc4Cl)c[c]c3c3c(C(N)=O)cccc32)cc1. The minimum absolute atomic E-state index is 0.125. The van der Waals surface area contributed by atoms with Gasteiger partial charge in [-0.1, -0.05) is 47.5 Å². The molecule has 1 heterocycles. The second-order valence-electron chi connectivity index (χ2n) is 8.27. The van der Waals surface area contributed by atoms with E-state index in [0.29, 0.717) is 22.2 Å². The molecule has 0 aliphatic heterocycles. The maximum Gasteiger partial charge on any atom is 0.249 e. The summed E-state index contributed by atoms with van der Waals surface area (Å²) in [5.74, 6) is -0.624. The molecule has 4 aromatic carbocycles. The van der Waals surface area contributed by atoms with Gasteiger partial charge in [-0.25, -0.2) is 0 Å². The van der Waals surface area contributed by atoms with E-state index in [-0.39, 0.29) is 5.91 Å². The van der Waals surface area contributed by atoms with Gasteiger partial charge in [0.1, 0.15) is 0 Å². The maximum absolute atomic E-state index is 12.3. The summed E-state index contributed by atoms with van der Waals surface area (Å²) < 4.78 is 2.12. The van der Waals surface area contributed by atoms with Crippen molar-refractivity contribution in [2.45, 2.75) is 13.5 Å². The fourth-order valence-electron chi connectivity index (χ4n) is 4.43. The van der Waals surface area contributed by atoms with Crippen molar-refractivity contribution >= 4 is 62.5 Å². The van der Waals surface area contributed by atoms with Crippen LogP contribution < -0.4 is 11.1 Å². The number of carbonyl (C=O) groups is 2. The van der Waals surface area contributed by atoms with Crippen LogP contribution in [0.1, 0.15) is 22.8 Å². The summed E-state index contributed by atoms with van der Waals surface area (Å²) in [7, 11) is 0. The highest BCUT2D eigenvalue weighted by Gasteiger charge is 2.18. The molecule has 0 aliphatic rings. The Balaban J connectivity index is 1.73. The number of aromatic nitrogens is 1. The minimum atomic E-state index is -0.499. The van der Waals surface area contributed by atoms with Crippen LogP contribution in [0.5, 0.6) is 0 Å². The number of fused-ring (bicyclic) bond motifs is 3. The Hall–Kier alpha value is -3.80. The molecule has 35 heavy (non-hydrogen) atoms. The van der Waals surface area contributed by atoms with E-state index < -0.39 is 5.91 Å². The minimum Gasteiger partial charge on any atom is -0.366 e. The number of rotatable bonds is 5. The number of nitrogens with two attached hydrogens (primary N) is 1. The van der Waals surface area contributed by atoms with Crippen LogP contribution in [0.3, 0.4) is 0 Å². The van der Waals surface area contributed by atoms with Gasteiger partial charge in [-0.2, -0.15) is 0 Å². The van der Waals surface area contributed by atoms with Gasteiger partial charge in [0, 0.05) is 51.1 Å². The van der Waals surface area contributed by atoms with Gasteiger partial charge in [0.15, 0.2) is 0 Å². The standard InChI is InChI=1S/C28H20Cl2N3O2/c1-16(34)32-19-11-8-17(9-12-19)15-33-24-7-2-4-21(28(31)35)27(24)20-13-10-18(14-25(20)33)26-22(29)5-3-6-23(26)30/h2-12,14H,15H2,1H3,(H2,31,35)(H,32,34). The monoisotopic (exact) mass is 500 g/mol. The van der Waals surface area contributed by atoms with Crippen LogP contribution in [-0.2, 0) is 11.3 Å². The van der Waals surface area contributed by atoms with E-state index >= 15 is 0 Å². The smallest absolute Gasteiger partial charge is 0.249 e. The molecule has 0 bridgehead atoms. The molecule has 173 valence electrons. The molecule has 0 aliphatic carbocycles. The summed E-state index contributed by atoms with van der Waals surface area (Å²) in [6, 6.07) is 25.7. The van der Waals surface area contributed by atoms with Crippen molar-refractivity contribution in [3.63, 3.8) is 0 Å². The Morgan fingerprint density at radius 2 is 1.66 bits per heavy atom. The summed E-state index contributed by atoms with van der Waals surface area (Å²) >= 11 is 13.0. The number of benzene rings is 4. The first-order valence-electron chi connectivity index (χ1n) is 10.9. The van der Waals surface area contributed by atoms with Gasteiger partial charge in [0.2, 0.25) is 11.8 Å². The van der Waals surface area contributed by atoms with Crippen LogP contribution in [0.25, 0.3) is 32.9 Å². The van der Waals surface area contributed by atoms with E-state index in [0.717, 1.165) is 44.2 Å². The molecule has 0 saturated heterocycles. The highest BCUT2D eigenvalue weighted by molar-refractivity contribution is 6.39. The third-order valence-electron chi connectivity index (χ3n) is 5.93. The van der Waals surface area contributed by atoms with E-state index in [4.69, 9.17) is 28.9 Å². The number of carbonyl (C=O) groups excluding carboxylic acids is 2. The number of nitrogens with zero attached hydrogens (tertiary/aromatic N) is 1. The van der Waals surface area contributed by atoms with Crippen molar-refractivity contribution in [2.75, 3.05) is 5.32 Å². The molecule has 0 atom stereocenters. The molecule has 0 spiro atoms. The van der Waals surface area contributed by atoms with Crippen molar-refractivity contribution in [2.24, 2.45) is 5.73 Å². The lowest BCUT2D eigenvalue weighted by molar-refractivity contribution is -0.114. The summed E-state index contributed by atoms with van der Waals surface area (Å²) in [5.41, 5.74) is 11.2. The van der Waals surface area contributed by atoms with Gasteiger partial charge in [0.05, 0.1) is 11.0 Å². The Morgan fingerprint density at radius 1 is 0.971 bits per heavy atom. The second kappa shape index (κ2) is 9.10.